The molecule has 0 bridgehead atoms. The standard InChI is InChI=1S/C18H22N6O3/c19-17-16-18(22-9-21-17)24(10-23-16)15-6-13(26)14(27-15)7-20-12(8-25)11-4-2-1-3-5-11/h1-5,9-10,12-15,20,25-26H,6-8H2,(H2,19,21,22)/t12-,13-,14+,15+/m0/s1. The summed E-state index contributed by atoms with van der Waals surface area (Å²) in [6.07, 6.45) is 1.95. The zero-order chi connectivity index (χ0) is 18.8. The molecule has 0 amide bonds. The average molecular weight is 370 g/mol. The SMILES string of the molecule is Nc1ncnc2c1ncn2[C@H]1C[C@H](O)[C@@H](CN[C@@H](CO)c2ccccc2)O1. The van der Waals surface area contributed by atoms with Crippen LogP contribution in [-0.2, 0) is 4.74 Å². The van der Waals surface area contributed by atoms with E-state index < -0.39 is 18.4 Å². The Bertz CT molecular complexity index is 903. The predicted molar refractivity (Wildman–Crippen MR) is 98.5 cm³/mol. The van der Waals surface area contributed by atoms with E-state index >= 15 is 0 Å². The molecule has 142 valence electrons. The topological polar surface area (TPSA) is 131 Å². The Balaban J connectivity index is 1.44. The lowest BCUT2D eigenvalue weighted by atomic mass is 10.1. The second-order valence-electron chi connectivity index (χ2n) is 6.57. The van der Waals surface area contributed by atoms with Gasteiger partial charge in [-0.05, 0) is 5.56 Å². The monoisotopic (exact) mass is 370 g/mol. The Kier molecular flexibility index (Phi) is 4.99. The summed E-state index contributed by atoms with van der Waals surface area (Å²) in [4.78, 5) is 12.4. The van der Waals surface area contributed by atoms with Crippen molar-refractivity contribution >= 4 is 17.0 Å². The van der Waals surface area contributed by atoms with Crippen LogP contribution in [0, 0.1) is 0 Å². The van der Waals surface area contributed by atoms with Gasteiger partial charge in [0.05, 0.1) is 31.2 Å². The van der Waals surface area contributed by atoms with Gasteiger partial charge in [0.1, 0.15) is 18.1 Å². The van der Waals surface area contributed by atoms with Crippen LogP contribution in [0.2, 0.25) is 0 Å². The van der Waals surface area contributed by atoms with Crippen LogP contribution in [0.1, 0.15) is 24.3 Å². The molecule has 1 aromatic carbocycles. The molecule has 27 heavy (non-hydrogen) atoms. The second-order valence-corrected chi connectivity index (χ2v) is 6.57. The van der Waals surface area contributed by atoms with E-state index in [4.69, 9.17) is 10.5 Å². The van der Waals surface area contributed by atoms with Gasteiger partial charge in [-0.25, -0.2) is 15.0 Å². The maximum atomic E-state index is 10.4. The van der Waals surface area contributed by atoms with Crippen molar-refractivity contribution in [3.8, 4) is 0 Å². The number of aliphatic hydroxyl groups is 2. The van der Waals surface area contributed by atoms with Gasteiger partial charge in [-0.3, -0.25) is 4.57 Å². The maximum Gasteiger partial charge on any atom is 0.167 e. The molecule has 0 radical (unpaired) electrons. The van der Waals surface area contributed by atoms with E-state index in [1.54, 1.807) is 10.9 Å². The number of anilines is 1. The third kappa shape index (κ3) is 3.50. The Morgan fingerprint density at radius 1 is 1.26 bits per heavy atom. The van der Waals surface area contributed by atoms with E-state index in [1.807, 2.05) is 30.3 Å². The van der Waals surface area contributed by atoms with Crippen LogP contribution < -0.4 is 11.1 Å². The zero-order valence-electron chi connectivity index (χ0n) is 14.6. The van der Waals surface area contributed by atoms with E-state index in [0.717, 1.165) is 5.56 Å². The van der Waals surface area contributed by atoms with Crippen LogP contribution in [0.4, 0.5) is 5.82 Å². The summed E-state index contributed by atoms with van der Waals surface area (Å²) in [6.45, 7) is 0.361. The van der Waals surface area contributed by atoms with E-state index in [-0.39, 0.29) is 12.6 Å². The minimum atomic E-state index is -0.644. The largest absolute Gasteiger partial charge is 0.394 e. The molecular formula is C18H22N6O3. The summed E-state index contributed by atoms with van der Waals surface area (Å²) < 4.78 is 7.79. The molecule has 2 aromatic heterocycles. The molecule has 3 aromatic rings. The smallest absolute Gasteiger partial charge is 0.167 e. The van der Waals surface area contributed by atoms with Crippen molar-refractivity contribution in [2.45, 2.75) is 30.9 Å². The van der Waals surface area contributed by atoms with Gasteiger partial charge >= 0.3 is 0 Å². The Morgan fingerprint density at radius 2 is 2.07 bits per heavy atom. The number of nitrogen functional groups attached to an aromatic ring is 1. The number of hydrogen-bond acceptors (Lipinski definition) is 8. The average Bonchev–Trinajstić information content (AvgIpc) is 3.28. The highest BCUT2D eigenvalue weighted by atomic mass is 16.5. The fraction of sp³-hybridized carbons (Fsp3) is 0.389. The molecule has 1 aliphatic rings. The number of ether oxygens (including phenoxy) is 1. The van der Waals surface area contributed by atoms with Crippen LogP contribution in [0.3, 0.4) is 0 Å². The highest BCUT2D eigenvalue weighted by Gasteiger charge is 2.36. The van der Waals surface area contributed by atoms with Crippen molar-refractivity contribution in [2.75, 3.05) is 18.9 Å². The first-order chi connectivity index (χ1) is 13.2. The number of fused-ring (bicyclic) bond motifs is 1. The molecule has 1 fully saturated rings. The fourth-order valence-electron chi connectivity index (χ4n) is 3.38. The molecular weight excluding hydrogens is 348 g/mol. The number of aromatic nitrogens is 4. The molecule has 0 spiro atoms. The molecule has 0 aliphatic carbocycles. The Hall–Kier alpha value is -2.59. The summed E-state index contributed by atoms with van der Waals surface area (Å²) >= 11 is 0. The fourth-order valence-corrected chi connectivity index (χ4v) is 3.38. The second kappa shape index (κ2) is 7.57. The van der Waals surface area contributed by atoms with E-state index in [9.17, 15) is 10.2 Å². The van der Waals surface area contributed by atoms with E-state index in [2.05, 4.69) is 20.3 Å². The number of nitrogens with zero attached hydrogens (tertiary/aromatic N) is 4. The molecule has 0 saturated carbocycles. The number of rotatable bonds is 6. The van der Waals surface area contributed by atoms with Crippen molar-refractivity contribution in [2.24, 2.45) is 0 Å². The van der Waals surface area contributed by atoms with Crippen molar-refractivity contribution in [3.63, 3.8) is 0 Å². The van der Waals surface area contributed by atoms with Crippen LogP contribution in [0.5, 0.6) is 0 Å². The first-order valence-corrected chi connectivity index (χ1v) is 8.83. The first-order valence-electron chi connectivity index (χ1n) is 8.83. The lowest BCUT2D eigenvalue weighted by Gasteiger charge is -2.21. The highest BCUT2D eigenvalue weighted by molar-refractivity contribution is 5.81. The molecule has 9 nitrogen and oxygen atoms in total. The van der Waals surface area contributed by atoms with Gasteiger partial charge < -0.3 is 26.0 Å². The van der Waals surface area contributed by atoms with Crippen LogP contribution in [0.25, 0.3) is 11.2 Å². The van der Waals surface area contributed by atoms with Crippen molar-refractivity contribution < 1.29 is 14.9 Å². The summed E-state index contributed by atoms with van der Waals surface area (Å²) in [5, 5.41) is 23.3. The van der Waals surface area contributed by atoms with E-state index in [0.29, 0.717) is 29.9 Å². The van der Waals surface area contributed by atoms with Gasteiger partial charge in [0.15, 0.2) is 11.5 Å². The number of nitrogens with one attached hydrogen (secondary N) is 1. The number of benzene rings is 1. The number of aliphatic hydroxyl groups excluding tert-OH is 2. The van der Waals surface area contributed by atoms with Crippen LogP contribution >= 0.6 is 0 Å². The maximum absolute atomic E-state index is 10.4. The van der Waals surface area contributed by atoms with E-state index in [1.165, 1.54) is 6.33 Å². The van der Waals surface area contributed by atoms with Crippen molar-refractivity contribution in [1.29, 1.82) is 0 Å². The third-order valence-electron chi connectivity index (χ3n) is 4.85. The summed E-state index contributed by atoms with van der Waals surface area (Å²) in [7, 11) is 0. The van der Waals surface area contributed by atoms with Crippen LogP contribution in [-0.4, -0.2) is 55.1 Å². The van der Waals surface area contributed by atoms with Gasteiger partial charge in [0, 0.05) is 13.0 Å². The minimum absolute atomic E-state index is 0.0430. The van der Waals surface area contributed by atoms with Gasteiger partial charge in [0.25, 0.3) is 0 Å². The van der Waals surface area contributed by atoms with Crippen molar-refractivity contribution in [3.05, 3.63) is 48.5 Å². The molecule has 0 unspecified atom stereocenters. The normalized spacial score (nSPS) is 23.7. The number of nitrogens with two attached hydrogens (primary N) is 1. The number of hydrogen-bond donors (Lipinski definition) is 4. The third-order valence-corrected chi connectivity index (χ3v) is 4.85. The minimum Gasteiger partial charge on any atom is -0.394 e. The lowest BCUT2D eigenvalue weighted by Crippen LogP contribution is -2.37. The summed E-state index contributed by atoms with van der Waals surface area (Å²) in [5.41, 5.74) is 7.90. The van der Waals surface area contributed by atoms with Gasteiger partial charge in [-0.15, -0.1) is 0 Å². The summed E-state index contributed by atoms with van der Waals surface area (Å²) in [6, 6.07) is 9.46. The number of imidazole rings is 1. The van der Waals surface area contributed by atoms with Crippen molar-refractivity contribution in [1.82, 2.24) is 24.8 Å². The summed E-state index contributed by atoms with van der Waals surface area (Å²) in [5.74, 6) is 0.309. The quantitative estimate of drug-likeness (QED) is 0.490. The Labute approximate surface area is 155 Å². The molecule has 1 aliphatic heterocycles. The zero-order valence-corrected chi connectivity index (χ0v) is 14.6. The van der Waals surface area contributed by atoms with Gasteiger partial charge in [-0.1, -0.05) is 30.3 Å². The Morgan fingerprint density at radius 3 is 2.85 bits per heavy atom. The first kappa shape index (κ1) is 17.8. The lowest BCUT2D eigenvalue weighted by molar-refractivity contribution is -0.0177. The van der Waals surface area contributed by atoms with Gasteiger partial charge in [0.2, 0.25) is 0 Å². The molecule has 4 atom stereocenters. The molecule has 3 heterocycles. The predicted octanol–water partition coefficient (Wildman–Crippen LogP) is 0.380. The van der Waals surface area contributed by atoms with Crippen LogP contribution in [0.15, 0.2) is 43.0 Å². The molecule has 4 rings (SSSR count). The molecule has 9 heteroatoms. The molecule has 1 saturated heterocycles. The highest BCUT2D eigenvalue weighted by Crippen LogP contribution is 2.31. The molecule has 5 N–H and O–H groups in total. The van der Waals surface area contributed by atoms with Gasteiger partial charge in [-0.2, -0.15) is 0 Å².